The number of piperazine rings is 2. The molecule has 10 rings (SSSR count). The van der Waals surface area contributed by atoms with Gasteiger partial charge in [-0.1, -0.05) is 61.7 Å². The zero-order valence-electron chi connectivity index (χ0n) is 47.6. The van der Waals surface area contributed by atoms with Crippen LogP contribution >= 0.6 is 0 Å². The maximum atomic E-state index is 15.2. The van der Waals surface area contributed by atoms with Crippen LogP contribution < -0.4 is 25.7 Å². The molecule has 1 aromatic heterocycles. The number of halogens is 1. The fourth-order valence-electron chi connectivity index (χ4n) is 12.9. The van der Waals surface area contributed by atoms with E-state index in [1.54, 1.807) is 41.2 Å². The van der Waals surface area contributed by atoms with Gasteiger partial charge in [0.2, 0.25) is 17.7 Å². The van der Waals surface area contributed by atoms with Crippen molar-refractivity contribution >= 4 is 40.3 Å². The highest BCUT2D eigenvalue weighted by atomic mass is 19.1. The lowest BCUT2D eigenvalue weighted by Gasteiger charge is -2.44. The average Bonchev–Trinajstić information content (AvgIpc) is 3.62. The van der Waals surface area contributed by atoms with E-state index in [9.17, 15) is 28.8 Å². The van der Waals surface area contributed by atoms with Gasteiger partial charge in [-0.05, 0) is 98.9 Å². The third-order valence-corrected chi connectivity index (χ3v) is 17.6. The second-order valence-corrected chi connectivity index (χ2v) is 22.7. The maximum Gasteiger partial charge on any atom is 0.272 e. The van der Waals surface area contributed by atoms with Gasteiger partial charge in [0.05, 0.1) is 43.4 Å². The Kier molecular flexibility index (Phi) is 19.3. The summed E-state index contributed by atoms with van der Waals surface area (Å²) >= 11 is 0. The molecule has 5 aromatic rings. The number of amides is 5. The Morgan fingerprint density at radius 3 is 2.23 bits per heavy atom. The second-order valence-electron chi connectivity index (χ2n) is 22.7. The first-order valence-electron chi connectivity index (χ1n) is 29.7. The van der Waals surface area contributed by atoms with Gasteiger partial charge in [-0.3, -0.25) is 38.6 Å². The van der Waals surface area contributed by atoms with Crippen molar-refractivity contribution < 1.29 is 37.8 Å². The number of H-pyrrole nitrogens is 1. The van der Waals surface area contributed by atoms with Gasteiger partial charge < -0.3 is 39.7 Å². The van der Waals surface area contributed by atoms with Crippen molar-refractivity contribution in [2.75, 3.05) is 105 Å². The third kappa shape index (κ3) is 14.0. The van der Waals surface area contributed by atoms with Gasteiger partial charge in [0.1, 0.15) is 23.4 Å². The van der Waals surface area contributed by atoms with E-state index in [0.717, 1.165) is 101 Å². The fourth-order valence-corrected chi connectivity index (χ4v) is 12.9. The van der Waals surface area contributed by atoms with Crippen molar-refractivity contribution in [3.05, 3.63) is 135 Å². The van der Waals surface area contributed by atoms with Crippen LogP contribution in [0.1, 0.15) is 114 Å². The van der Waals surface area contributed by atoms with Gasteiger partial charge in [-0.15, -0.1) is 0 Å². The molecule has 0 radical (unpaired) electrons. The average molecular weight is 1120 g/mol. The highest BCUT2D eigenvalue weighted by Gasteiger charge is 2.38. The molecular formula is C63H79FN10O8. The molecular weight excluding hydrogens is 1040 g/mol. The number of hydrogen-bond acceptors (Lipinski definition) is 12. The molecule has 1 aliphatic carbocycles. The molecule has 436 valence electrons. The van der Waals surface area contributed by atoms with Gasteiger partial charge in [-0.2, -0.15) is 5.10 Å². The lowest BCUT2D eigenvalue weighted by atomic mass is 9.83. The molecule has 5 aliphatic rings. The van der Waals surface area contributed by atoms with Gasteiger partial charge in [0, 0.05) is 126 Å². The Balaban J connectivity index is 0.663. The van der Waals surface area contributed by atoms with E-state index in [-0.39, 0.29) is 53.1 Å². The summed E-state index contributed by atoms with van der Waals surface area (Å²) in [5, 5.41) is 14.6. The zero-order chi connectivity index (χ0) is 57.1. The number of benzene rings is 4. The molecule has 82 heavy (non-hydrogen) atoms. The summed E-state index contributed by atoms with van der Waals surface area (Å²) in [5.41, 5.74) is 3.49. The number of hydrogen-bond donors (Lipinski definition) is 3. The van der Waals surface area contributed by atoms with Crippen LogP contribution in [0.4, 0.5) is 4.39 Å². The summed E-state index contributed by atoms with van der Waals surface area (Å²) in [6, 6.07) is 24.8. The SMILES string of the molecule is CCOc1cc(OC)ccc1CNCC(=O)N1CCCC(c2cccc(C(=O)N[C@@H](C(=O)N3CCN(C4CCN(CC(=O)N5CCN(C(=O)c6cc(Cc7n[nH]c(=O)c8ccccc78)ccc6F)CC5)CC4)CC3)C3CCCCC3)c2)C1. The Hall–Kier alpha value is -7.22. The van der Waals surface area contributed by atoms with Crippen LogP contribution in [0.3, 0.4) is 0 Å². The predicted molar refractivity (Wildman–Crippen MR) is 310 cm³/mol. The number of rotatable bonds is 18. The monoisotopic (exact) mass is 1120 g/mol. The predicted octanol–water partition coefficient (Wildman–Crippen LogP) is 5.83. The standard InChI is InChI=1S/C63H79FN10O8/c1-3-82-56-38-50(81-2)20-19-47(56)39-65-40-57(75)74-24-10-15-48(41-74)45-13-9-14-46(37-45)60(77)66-59(44-11-5-4-6-12-44)63(80)73-31-27-70(28-32-73)49-22-25-69(26-23-49)42-58(76)71-29-33-72(34-30-71)62(79)53-35-43(18-21-54(53)64)36-55-51-16-7-8-17-52(51)61(78)68-67-55/h7-9,13-14,16-21,35,37-38,44,48-49,59,65H,3-6,10-12,15,22-34,36,39-42H2,1-2H3,(H,66,77)(H,68,78)/t48?,59-/m1/s1. The van der Waals surface area contributed by atoms with Crippen LogP contribution in [0.25, 0.3) is 10.8 Å². The summed E-state index contributed by atoms with van der Waals surface area (Å²) < 4.78 is 26.4. The molecule has 4 aromatic carbocycles. The summed E-state index contributed by atoms with van der Waals surface area (Å²) in [6.07, 6.45) is 8.91. The van der Waals surface area contributed by atoms with Crippen LogP contribution in [0.2, 0.25) is 0 Å². The first-order valence-corrected chi connectivity index (χ1v) is 29.7. The zero-order valence-corrected chi connectivity index (χ0v) is 47.6. The summed E-state index contributed by atoms with van der Waals surface area (Å²) in [6.45, 7) is 10.3. The molecule has 5 fully saturated rings. The van der Waals surface area contributed by atoms with Crippen molar-refractivity contribution in [3.63, 3.8) is 0 Å². The van der Waals surface area contributed by atoms with E-state index >= 15 is 4.39 Å². The number of fused-ring (bicyclic) bond motifs is 1. The fraction of sp³-hybridized carbons (Fsp3) is 0.508. The second kappa shape index (κ2) is 27.2. The van der Waals surface area contributed by atoms with E-state index in [1.165, 1.54) is 6.07 Å². The van der Waals surface area contributed by atoms with Gasteiger partial charge in [0.25, 0.3) is 17.4 Å². The van der Waals surface area contributed by atoms with Crippen LogP contribution in [0.15, 0.2) is 89.7 Å². The van der Waals surface area contributed by atoms with Gasteiger partial charge >= 0.3 is 0 Å². The number of methoxy groups -OCH3 is 1. The Morgan fingerprint density at radius 1 is 0.732 bits per heavy atom. The Morgan fingerprint density at radius 2 is 1.48 bits per heavy atom. The maximum absolute atomic E-state index is 15.2. The number of nitrogens with one attached hydrogen (secondary N) is 3. The topological polar surface area (TPSA) is 193 Å². The van der Waals surface area contributed by atoms with E-state index in [0.29, 0.717) is 118 Å². The molecule has 19 heteroatoms. The lowest BCUT2D eigenvalue weighted by Crippen LogP contribution is -2.59. The number of nitrogens with zero attached hydrogens (tertiary/aromatic N) is 7. The molecule has 4 saturated heterocycles. The Labute approximate surface area is 479 Å². The van der Waals surface area contributed by atoms with E-state index in [4.69, 9.17) is 9.47 Å². The van der Waals surface area contributed by atoms with E-state index < -0.39 is 17.8 Å². The minimum Gasteiger partial charge on any atom is -0.497 e. The normalized spacial score (nSPS) is 19.2. The van der Waals surface area contributed by atoms with Crippen LogP contribution in [0.5, 0.6) is 11.5 Å². The first kappa shape index (κ1) is 58.0. The van der Waals surface area contributed by atoms with E-state index in [2.05, 4.69) is 30.6 Å². The number of aromatic amines is 1. The molecule has 0 bridgehead atoms. The highest BCUT2D eigenvalue weighted by molar-refractivity contribution is 5.98. The van der Waals surface area contributed by atoms with Crippen molar-refractivity contribution in [2.24, 2.45) is 5.92 Å². The quantitative estimate of drug-likeness (QED) is 0.0953. The first-order chi connectivity index (χ1) is 39.9. The molecule has 3 N–H and O–H groups in total. The van der Waals surface area contributed by atoms with Crippen LogP contribution in [-0.2, 0) is 27.3 Å². The minimum atomic E-state index is -0.613. The number of carbonyl (C=O) groups excluding carboxylic acids is 5. The summed E-state index contributed by atoms with van der Waals surface area (Å²) in [5.74, 6) is 0.372. The number of ether oxygens (including phenoxy) is 2. The highest BCUT2D eigenvalue weighted by Crippen LogP contribution is 2.31. The molecule has 18 nitrogen and oxygen atoms in total. The van der Waals surface area contributed by atoms with Crippen molar-refractivity contribution in [1.82, 2.24) is 50.2 Å². The number of piperidine rings is 2. The molecule has 5 amide bonds. The van der Waals surface area contributed by atoms with E-state index in [1.807, 2.05) is 71.3 Å². The smallest absolute Gasteiger partial charge is 0.272 e. The minimum absolute atomic E-state index is 0.00184. The van der Waals surface area contributed by atoms with Crippen LogP contribution in [0, 0.1) is 11.7 Å². The lowest BCUT2D eigenvalue weighted by molar-refractivity contribution is -0.137. The van der Waals surface area contributed by atoms with Crippen molar-refractivity contribution in [1.29, 1.82) is 0 Å². The Bertz CT molecular complexity index is 3130. The van der Waals surface area contributed by atoms with Crippen molar-refractivity contribution in [3.8, 4) is 11.5 Å². The molecule has 2 atom stereocenters. The summed E-state index contributed by atoms with van der Waals surface area (Å²) in [4.78, 5) is 93.8. The molecule has 5 heterocycles. The van der Waals surface area contributed by atoms with Crippen molar-refractivity contribution in [2.45, 2.75) is 95.7 Å². The number of likely N-dealkylation sites (tertiary alicyclic amines) is 2. The van der Waals surface area contributed by atoms with Gasteiger partial charge in [0.15, 0.2) is 0 Å². The summed E-state index contributed by atoms with van der Waals surface area (Å²) in [7, 11) is 1.62. The number of aromatic nitrogens is 2. The van der Waals surface area contributed by atoms with Gasteiger partial charge in [-0.25, -0.2) is 9.49 Å². The number of carbonyl (C=O) groups is 5. The largest absolute Gasteiger partial charge is 0.497 e. The third-order valence-electron chi connectivity index (χ3n) is 17.6. The molecule has 0 spiro atoms. The molecule has 4 aliphatic heterocycles. The molecule has 1 saturated carbocycles. The van der Waals surface area contributed by atoms with Crippen LogP contribution in [-0.4, -0.2) is 187 Å². The molecule has 1 unspecified atom stereocenters.